The third kappa shape index (κ3) is 4.64. The first kappa shape index (κ1) is 19.3. The van der Waals surface area contributed by atoms with E-state index in [9.17, 15) is 4.79 Å². The molecule has 0 bridgehead atoms. The number of halogens is 1. The van der Waals surface area contributed by atoms with E-state index < -0.39 is 0 Å². The van der Waals surface area contributed by atoms with Crippen LogP contribution < -0.4 is 10.1 Å². The van der Waals surface area contributed by atoms with Gasteiger partial charge in [-0.25, -0.2) is 4.99 Å². The number of thiazole rings is 1. The molecule has 6 heteroatoms. The van der Waals surface area contributed by atoms with Gasteiger partial charge in [0.1, 0.15) is 5.00 Å². The van der Waals surface area contributed by atoms with Gasteiger partial charge < -0.3 is 9.88 Å². The Hall–Kier alpha value is -2.44. The fraction of sp³-hybridized carbons (Fsp3) is 0.143. The molecule has 1 heterocycles. The molecule has 0 saturated carbocycles. The van der Waals surface area contributed by atoms with Crippen molar-refractivity contribution in [1.29, 1.82) is 0 Å². The average molecular weight is 442 g/mol. The SMILES string of the molecule is C=CCn1c(-c2ccc(C)cc2)c(NC(C)=O)sc1=Nc1ccc(Br)cc1. The highest BCUT2D eigenvalue weighted by Gasteiger charge is 2.16. The summed E-state index contributed by atoms with van der Waals surface area (Å²) < 4.78 is 3.08. The summed E-state index contributed by atoms with van der Waals surface area (Å²) >= 11 is 4.90. The smallest absolute Gasteiger partial charge is 0.221 e. The van der Waals surface area contributed by atoms with Crippen LogP contribution in [0.1, 0.15) is 12.5 Å². The first-order valence-corrected chi connectivity index (χ1v) is 10.1. The summed E-state index contributed by atoms with van der Waals surface area (Å²) in [5.74, 6) is -0.106. The molecule has 3 aromatic rings. The number of amides is 1. The Morgan fingerprint density at radius 1 is 1.22 bits per heavy atom. The molecule has 0 saturated heterocycles. The minimum absolute atomic E-state index is 0.106. The van der Waals surface area contributed by atoms with E-state index >= 15 is 0 Å². The van der Waals surface area contributed by atoms with Crippen molar-refractivity contribution in [3.63, 3.8) is 0 Å². The van der Waals surface area contributed by atoms with Crippen LogP contribution in [-0.2, 0) is 11.3 Å². The lowest BCUT2D eigenvalue weighted by molar-refractivity contribution is -0.114. The molecule has 0 radical (unpaired) electrons. The van der Waals surface area contributed by atoms with Crippen LogP contribution in [0.25, 0.3) is 11.3 Å². The molecule has 0 fully saturated rings. The van der Waals surface area contributed by atoms with Crippen molar-refractivity contribution in [2.75, 3.05) is 5.32 Å². The van der Waals surface area contributed by atoms with Crippen LogP contribution in [-0.4, -0.2) is 10.5 Å². The third-order valence-electron chi connectivity index (χ3n) is 3.89. The number of rotatable bonds is 5. The zero-order chi connectivity index (χ0) is 19.4. The molecular weight excluding hydrogens is 422 g/mol. The number of aryl methyl sites for hydroxylation is 1. The van der Waals surface area contributed by atoms with Crippen LogP contribution in [0.3, 0.4) is 0 Å². The summed E-state index contributed by atoms with van der Waals surface area (Å²) in [6, 6.07) is 16.1. The fourth-order valence-electron chi connectivity index (χ4n) is 2.66. The van der Waals surface area contributed by atoms with Crippen molar-refractivity contribution in [3.05, 3.63) is 76.0 Å². The van der Waals surface area contributed by atoms with E-state index in [0.29, 0.717) is 6.54 Å². The van der Waals surface area contributed by atoms with E-state index in [4.69, 9.17) is 4.99 Å². The number of aromatic nitrogens is 1. The molecule has 0 unspecified atom stereocenters. The standard InChI is InChI=1S/C21H20BrN3OS/c1-4-13-25-19(16-7-5-14(2)6-8-16)20(23-15(3)26)27-21(25)24-18-11-9-17(22)10-12-18/h4-12H,1,13H2,2-3H3,(H,23,26). The number of carbonyl (C=O) groups excluding carboxylic acids is 1. The van der Waals surface area contributed by atoms with E-state index in [0.717, 1.165) is 31.2 Å². The summed E-state index contributed by atoms with van der Waals surface area (Å²) in [6.45, 7) is 8.04. The van der Waals surface area contributed by atoms with Crippen molar-refractivity contribution in [1.82, 2.24) is 4.57 Å². The Balaban J connectivity index is 2.24. The summed E-state index contributed by atoms with van der Waals surface area (Å²) in [4.78, 5) is 17.4. The Morgan fingerprint density at radius 2 is 1.89 bits per heavy atom. The lowest BCUT2D eigenvalue weighted by atomic mass is 10.1. The Morgan fingerprint density at radius 3 is 2.48 bits per heavy atom. The zero-order valence-electron chi connectivity index (χ0n) is 15.2. The highest BCUT2D eigenvalue weighted by molar-refractivity contribution is 9.10. The molecule has 0 aliphatic carbocycles. The molecule has 4 nitrogen and oxygen atoms in total. The van der Waals surface area contributed by atoms with Gasteiger partial charge in [0, 0.05) is 23.5 Å². The van der Waals surface area contributed by atoms with Crippen LogP contribution in [0.2, 0.25) is 0 Å². The van der Waals surface area contributed by atoms with Gasteiger partial charge in [-0.15, -0.1) is 6.58 Å². The first-order valence-electron chi connectivity index (χ1n) is 8.47. The number of nitrogens with one attached hydrogen (secondary N) is 1. The predicted molar refractivity (Wildman–Crippen MR) is 116 cm³/mol. The van der Waals surface area contributed by atoms with Gasteiger partial charge in [0.2, 0.25) is 5.91 Å². The van der Waals surface area contributed by atoms with E-state index in [1.165, 1.54) is 23.8 Å². The lowest BCUT2D eigenvalue weighted by Gasteiger charge is -2.10. The van der Waals surface area contributed by atoms with Crippen LogP contribution in [0.5, 0.6) is 0 Å². The monoisotopic (exact) mass is 441 g/mol. The molecule has 3 rings (SSSR count). The first-order chi connectivity index (χ1) is 13.0. The summed E-state index contributed by atoms with van der Waals surface area (Å²) in [6.07, 6.45) is 1.84. The van der Waals surface area contributed by atoms with Gasteiger partial charge >= 0.3 is 0 Å². The van der Waals surface area contributed by atoms with Gasteiger partial charge in [-0.1, -0.05) is 63.2 Å². The van der Waals surface area contributed by atoms with E-state index in [2.05, 4.69) is 63.6 Å². The molecule has 1 N–H and O–H groups in total. The number of hydrogen-bond donors (Lipinski definition) is 1. The Labute approximate surface area is 171 Å². The van der Waals surface area contributed by atoms with Gasteiger partial charge in [-0.2, -0.15) is 0 Å². The van der Waals surface area contributed by atoms with Crippen molar-refractivity contribution < 1.29 is 4.79 Å². The second-order valence-electron chi connectivity index (χ2n) is 6.10. The number of benzene rings is 2. The second-order valence-corrected chi connectivity index (χ2v) is 7.99. The van der Waals surface area contributed by atoms with Crippen LogP contribution in [0, 0.1) is 6.92 Å². The van der Waals surface area contributed by atoms with Gasteiger partial charge in [-0.3, -0.25) is 4.79 Å². The fourth-order valence-corrected chi connectivity index (χ4v) is 4.06. The second kappa shape index (κ2) is 8.50. The number of nitrogens with zero attached hydrogens (tertiary/aromatic N) is 2. The normalized spacial score (nSPS) is 11.4. The quantitative estimate of drug-likeness (QED) is 0.509. The zero-order valence-corrected chi connectivity index (χ0v) is 17.6. The third-order valence-corrected chi connectivity index (χ3v) is 5.41. The van der Waals surface area contributed by atoms with E-state index in [-0.39, 0.29) is 5.91 Å². The average Bonchev–Trinajstić information content (AvgIpc) is 2.94. The van der Waals surface area contributed by atoms with Crippen LogP contribution in [0.4, 0.5) is 10.7 Å². The Bertz CT molecular complexity index is 1030. The molecule has 27 heavy (non-hydrogen) atoms. The van der Waals surface area contributed by atoms with Crippen molar-refractivity contribution in [3.8, 4) is 11.3 Å². The van der Waals surface area contributed by atoms with Gasteiger partial charge in [0.05, 0.1) is 11.4 Å². The molecular formula is C21H20BrN3OS. The number of allylic oxidation sites excluding steroid dienone is 1. The predicted octanol–water partition coefficient (Wildman–Crippen LogP) is 5.66. The summed E-state index contributed by atoms with van der Waals surface area (Å²) in [5.41, 5.74) is 4.00. The van der Waals surface area contributed by atoms with Gasteiger partial charge in [0.15, 0.2) is 4.80 Å². The number of hydrogen-bond acceptors (Lipinski definition) is 3. The molecule has 2 aromatic carbocycles. The van der Waals surface area contributed by atoms with Gasteiger partial charge in [0.25, 0.3) is 0 Å². The van der Waals surface area contributed by atoms with Crippen LogP contribution >= 0.6 is 27.3 Å². The molecule has 0 atom stereocenters. The maximum Gasteiger partial charge on any atom is 0.221 e. The largest absolute Gasteiger partial charge is 0.316 e. The van der Waals surface area contributed by atoms with Crippen molar-refractivity contribution in [2.45, 2.75) is 20.4 Å². The lowest BCUT2D eigenvalue weighted by Crippen LogP contribution is -2.15. The Kier molecular flexibility index (Phi) is 6.08. The molecule has 1 aromatic heterocycles. The topological polar surface area (TPSA) is 46.4 Å². The highest BCUT2D eigenvalue weighted by Crippen LogP contribution is 2.31. The molecule has 0 aliphatic heterocycles. The summed E-state index contributed by atoms with van der Waals surface area (Å²) in [5, 5.41) is 3.74. The minimum Gasteiger partial charge on any atom is -0.316 e. The minimum atomic E-state index is -0.106. The van der Waals surface area contributed by atoms with Crippen molar-refractivity contribution in [2.24, 2.45) is 4.99 Å². The van der Waals surface area contributed by atoms with Gasteiger partial charge in [-0.05, 0) is 31.2 Å². The van der Waals surface area contributed by atoms with Crippen LogP contribution in [0.15, 0.2) is 70.7 Å². The van der Waals surface area contributed by atoms with Crippen molar-refractivity contribution >= 4 is 43.9 Å². The molecule has 0 spiro atoms. The van der Waals surface area contributed by atoms with E-state index in [1.807, 2.05) is 30.3 Å². The molecule has 138 valence electrons. The summed E-state index contributed by atoms with van der Waals surface area (Å²) in [7, 11) is 0. The maximum atomic E-state index is 11.8. The number of carbonyl (C=O) groups is 1. The highest BCUT2D eigenvalue weighted by atomic mass is 79.9. The molecule has 0 aliphatic rings. The maximum absolute atomic E-state index is 11.8. The molecule has 1 amide bonds. The van der Waals surface area contributed by atoms with E-state index in [1.54, 1.807) is 0 Å². The number of anilines is 1.